The highest BCUT2D eigenvalue weighted by atomic mass is 16.5. The first-order valence-electron chi connectivity index (χ1n) is 4.78. The van der Waals surface area contributed by atoms with Crippen LogP contribution in [0.25, 0.3) is 0 Å². The maximum atomic E-state index is 5.43. The van der Waals surface area contributed by atoms with Crippen molar-refractivity contribution in [3.63, 3.8) is 0 Å². The fourth-order valence-electron chi connectivity index (χ4n) is 0.888. The Morgan fingerprint density at radius 3 is 2.08 bits per heavy atom. The Labute approximate surface area is 80.7 Å². The summed E-state index contributed by atoms with van der Waals surface area (Å²) in [6.07, 6.45) is 0. The van der Waals surface area contributed by atoms with Crippen LogP contribution in [-0.2, 0) is 6.54 Å². The average molecular weight is 181 g/mol. The SMILES string of the molecule is CC.CCOc1ccc(CN)cc1. The second-order valence-electron chi connectivity index (χ2n) is 2.28. The third kappa shape index (κ3) is 4.53. The molecule has 2 heteroatoms. The Morgan fingerprint density at radius 2 is 1.69 bits per heavy atom. The Kier molecular flexibility index (Phi) is 7.02. The van der Waals surface area contributed by atoms with E-state index in [9.17, 15) is 0 Å². The first kappa shape index (κ1) is 12.0. The fraction of sp³-hybridized carbons (Fsp3) is 0.455. The van der Waals surface area contributed by atoms with Crippen LogP contribution in [0, 0.1) is 0 Å². The van der Waals surface area contributed by atoms with Crippen molar-refractivity contribution in [3.8, 4) is 5.75 Å². The summed E-state index contributed by atoms with van der Waals surface area (Å²) in [5.74, 6) is 0.907. The van der Waals surface area contributed by atoms with E-state index in [-0.39, 0.29) is 0 Å². The monoisotopic (exact) mass is 181 g/mol. The van der Waals surface area contributed by atoms with Crippen LogP contribution in [0.15, 0.2) is 24.3 Å². The lowest BCUT2D eigenvalue weighted by atomic mass is 10.2. The summed E-state index contributed by atoms with van der Waals surface area (Å²) in [5.41, 5.74) is 6.57. The molecule has 0 saturated heterocycles. The molecule has 0 amide bonds. The molecule has 0 unspecified atom stereocenters. The van der Waals surface area contributed by atoms with E-state index in [1.807, 2.05) is 45.0 Å². The number of hydrogen-bond acceptors (Lipinski definition) is 2. The minimum Gasteiger partial charge on any atom is -0.494 e. The molecule has 0 heterocycles. The van der Waals surface area contributed by atoms with Crippen molar-refractivity contribution >= 4 is 0 Å². The second kappa shape index (κ2) is 7.62. The van der Waals surface area contributed by atoms with Gasteiger partial charge in [-0.15, -0.1) is 0 Å². The van der Waals surface area contributed by atoms with Crippen LogP contribution in [0.4, 0.5) is 0 Å². The van der Waals surface area contributed by atoms with Gasteiger partial charge in [-0.2, -0.15) is 0 Å². The van der Waals surface area contributed by atoms with Crippen LogP contribution in [0.5, 0.6) is 5.75 Å². The van der Waals surface area contributed by atoms with Gasteiger partial charge in [-0.1, -0.05) is 26.0 Å². The van der Waals surface area contributed by atoms with Crippen LogP contribution in [0.1, 0.15) is 26.3 Å². The molecule has 0 atom stereocenters. The molecule has 2 nitrogen and oxygen atoms in total. The van der Waals surface area contributed by atoms with Gasteiger partial charge in [0.25, 0.3) is 0 Å². The van der Waals surface area contributed by atoms with Gasteiger partial charge in [0.2, 0.25) is 0 Å². The van der Waals surface area contributed by atoms with Crippen LogP contribution < -0.4 is 10.5 Å². The lowest BCUT2D eigenvalue weighted by Crippen LogP contribution is -1.96. The Bertz CT molecular complexity index is 206. The molecule has 13 heavy (non-hydrogen) atoms. The molecule has 2 N–H and O–H groups in total. The lowest BCUT2D eigenvalue weighted by molar-refractivity contribution is 0.340. The average Bonchev–Trinajstić information content (AvgIpc) is 2.23. The van der Waals surface area contributed by atoms with Crippen molar-refractivity contribution in [2.24, 2.45) is 5.73 Å². The number of rotatable bonds is 3. The molecule has 1 rings (SSSR count). The molecule has 1 aromatic rings. The molecule has 0 aliphatic carbocycles. The highest BCUT2D eigenvalue weighted by Gasteiger charge is 1.90. The minimum atomic E-state index is 0.590. The van der Waals surface area contributed by atoms with Gasteiger partial charge in [-0.25, -0.2) is 0 Å². The van der Waals surface area contributed by atoms with Gasteiger partial charge in [0.05, 0.1) is 6.61 Å². The lowest BCUT2D eigenvalue weighted by Gasteiger charge is -2.02. The van der Waals surface area contributed by atoms with Gasteiger partial charge in [0, 0.05) is 6.54 Å². The zero-order chi connectivity index (χ0) is 10.1. The zero-order valence-corrected chi connectivity index (χ0v) is 8.71. The first-order valence-corrected chi connectivity index (χ1v) is 4.78. The molecule has 1 aromatic carbocycles. The normalized spacial score (nSPS) is 8.62. The largest absolute Gasteiger partial charge is 0.494 e. The molecule has 0 aliphatic heterocycles. The molecular formula is C11H19NO. The van der Waals surface area contributed by atoms with Crippen molar-refractivity contribution in [3.05, 3.63) is 29.8 Å². The van der Waals surface area contributed by atoms with Crippen molar-refractivity contribution in [1.82, 2.24) is 0 Å². The number of ether oxygens (including phenoxy) is 1. The first-order chi connectivity index (χ1) is 6.36. The van der Waals surface area contributed by atoms with E-state index in [4.69, 9.17) is 10.5 Å². The van der Waals surface area contributed by atoms with Crippen molar-refractivity contribution in [2.45, 2.75) is 27.3 Å². The number of nitrogens with two attached hydrogens (primary N) is 1. The standard InChI is InChI=1S/C9H13NO.C2H6/c1-2-11-9-5-3-8(7-10)4-6-9;1-2/h3-6H,2,7,10H2,1H3;1-2H3. The van der Waals surface area contributed by atoms with E-state index in [2.05, 4.69) is 0 Å². The molecule has 0 aliphatic rings. The summed E-state index contributed by atoms with van der Waals surface area (Å²) >= 11 is 0. The van der Waals surface area contributed by atoms with Crippen LogP contribution >= 0.6 is 0 Å². The summed E-state index contributed by atoms with van der Waals surface area (Å²) in [6.45, 7) is 7.27. The smallest absolute Gasteiger partial charge is 0.119 e. The number of benzene rings is 1. The Hall–Kier alpha value is -1.02. The van der Waals surface area contributed by atoms with Crippen molar-refractivity contribution in [1.29, 1.82) is 0 Å². The molecule has 0 fully saturated rings. The molecule has 0 radical (unpaired) electrons. The summed E-state index contributed by atoms with van der Waals surface area (Å²) in [7, 11) is 0. The maximum Gasteiger partial charge on any atom is 0.119 e. The van der Waals surface area contributed by atoms with E-state index in [1.54, 1.807) is 0 Å². The van der Waals surface area contributed by atoms with Crippen molar-refractivity contribution < 1.29 is 4.74 Å². The quantitative estimate of drug-likeness (QED) is 0.777. The maximum absolute atomic E-state index is 5.43. The second-order valence-corrected chi connectivity index (χ2v) is 2.28. The predicted octanol–water partition coefficient (Wildman–Crippen LogP) is 2.57. The zero-order valence-electron chi connectivity index (χ0n) is 8.71. The van der Waals surface area contributed by atoms with E-state index in [1.165, 1.54) is 0 Å². The third-order valence-corrected chi connectivity index (χ3v) is 1.47. The summed E-state index contributed by atoms with van der Waals surface area (Å²) in [5, 5.41) is 0. The Morgan fingerprint density at radius 1 is 1.15 bits per heavy atom. The summed E-state index contributed by atoms with van der Waals surface area (Å²) in [6, 6.07) is 7.83. The van der Waals surface area contributed by atoms with Gasteiger partial charge in [0.1, 0.15) is 5.75 Å². The summed E-state index contributed by atoms with van der Waals surface area (Å²) < 4.78 is 5.26. The molecule has 74 valence electrons. The highest BCUT2D eigenvalue weighted by molar-refractivity contribution is 5.26. The highest BCUT2D eigenvalue weighted by Crippen LogP contribution is 2.11. The van der Waals surface area contributed by atoms with E-state index < -0.39 is 0 Å². The van der Waals surface area contributed by atoms with Gasteiger partial charge < -0.3 is 10.5 Å². The number of hydrogen-bond donors (Lipinski definition) is 1. The molecule has 0 saturated carbocycles. The Balaban J connectivity index is 0.000000671. The van der Waals surface area contributed by atoms with Gasteiger partial charge in [-0.3, -0.25) is 0 Å². The summed E-state index contributed by atoms with van der Waals surface area (Å²) in [4.78, 5) is 0. The topological polar surface area (TPSA) is 35.2 Å². The molecule has 0 aromatic heterocycles. The van der Waals surface area contributed by atoms with Gasteiger partial charge in [0.15, 0.2) is 0 Å². The van der Waals surface area contributed by atoms with Crippen LogP contribution in [0.3, 0.4) is 0 Å². The predicted molar refractivity (Wildman–Crippen MR) is 56.9 cm³/mol. The van der Waals surface area contributed by atoms with E-state index in [0.717, 1.165) is 11.3 Å². The third-order valence-electron chi connectivity index (χ3n) is 1.47. The van der Waals surface area contributed by atoms with Crippen LogP contribution in [-0.4, -0.2) is 6.61 Å². The van der Waals surface area contributed by atoms with Gasteiger partial charge >= 0.3 is 0 Å². The molecular weight excluding hydrogens is 162 g/mol. The van der Waals surface area contributed by atoms with Crippen LogP contribution in [0.2, 0.25) is 0 Å². The minimum absolute atomic E-state index is 0.590. The molecule has 0 spiro atoms. The van der Waals surface area contributed by atoms with Crippen molar-refractivity contribution in [2.75, 3.05) is 6.61 Å². The fourth-order valence-corrected chi connectivity index (χ4v) is 0.888. The van der Waals surface area contributed by atoms with E-state index in [0.29, 0.717) is 13.2 Å². The van der Waals surface area contributed by atoms with Gasteiger partial charge in [-0.05, 0) is 24.6 Å². The van der Waals surface area contributed by atoms with E-state index >= 15 is 0 Å². The molecule has 0 bridgehead atoms.